The minimum Gasteiger partial charge on any atom is -0.231 e. The van der Waals surface area contributed by atoms with Gasteiger partial charge in [0.15, 0.2) is 0 Å². The number of alkyl halides is 2. The maximum atomic E-state index is 13.3. The summed E-state index contributed by atoms with van der Waals surface area (Å²) in [6.45, 7) is 0. The number of benzene rings is 2. The van der Waals surface area contributed by atoms with E-state index in [9.17, 15) is 17.2 Å². The molecule has 0 atom stereocenters. The first-order valence-corrected chi connectivity index (χ1v) is 9.38. The van der Waals surface area contributed by atoms with Gasteiger partial charge in [0, 0.05) is 5.56 Å². The molecule has 0 fully saturated rings. The first-order chi connectivity index (χ1) is 11.8. The lowest BCUT2D eigenvalue weighted by molar-refractivity contribution is 0.144. The maximum Gasteiger partial charge on any atom is 0.283 e. The minimum absolute atomic E-state index is 0.0715. The molecule has 9 heteroatoms. The van der Waals surface area contributed by atoms with E-state index in [2.05, 4.69) is 21.0 Å². The van der Waals surface area contributed by atoms with Crippen LogP contribution in [-0.4, -0.2) is 18.2 Å². The Labute approximate surface area is 151 Å². The second-order valence-electron chi connectivity index (χ2n) is 5.17. The fourth-order valence-electron chi connectivity index (χ4n) is 2.36. The summed E-state index contributed by atoms with van der Waals surface area (Å²) < 4.78 is 50.8. The van der Waals surface area contributed by atoms with Gasteiger partial charge in [-0.1, -0.05) is 30.3 Å². The third-order valence-corrected chi connectivity index (χ3v) is 5.23. The lowest BCUT2D eigenvalue weighted by atomic mass is 10.1. The van der Waals surface area contributed by atoms with Crippen LogP contribution in [0.25, 0.3) is 16.9 Å². The van der Waals surface area contributed by atoms with Gasteiger partial charge in [-0.05, 0) is 40.2 Å². The number of nitrogens with two attached hydrogens (primary N) is 1. The van der Waals surface area contributed by atoms with Crippen molar-refractivity contribution in [2.75, 3.05) is 0 Å². The van der Waals surface area contributed by atoms with Crippen molar-refractivity contribution in [1.82, 2.24) is 9.78 Å². The third-order valence-electron chi connectivity index (χ3n) is 3.52. The summed E-state index contributed by atoms with van der Waals surface area (Å²) in [6, 6.07) is 14.4. The van der Waals surface area contributed by atoms with E-state index in [0.717, 1.165) is 0 Å². The van der Waals surface area contributed by atoms with Gasteiger partial charge in [-0.25, -0.2) is 27.0 Å². The zero-order valence-electron chi connectivity index (χ0n) is 12.6. The fourth-order valence-corrected chi connectivity index (χ4v) is 3.53. The topological polar surface area (TPSA) is 78.0 Å². The summed E-state index contributed by atoms with van der Waals surface area (Å²) >= 11 is 3.20. The average Bonchev–Trinajstić information content (AvgIpc) is 2.92. The number of rotatable bonds is 4. The van der Waals surface area contributed by atoms with Crippen LogP contribution in [-0.2, 0) is 10.0 Å². The van der Waals surface area contributed by atoms with E-state index in [1.54, 1.807) is 24.3 Å². The Kier molecular flexibility index (Phi) is 4.72. The molecule has 25 heavy (non-hydrogen) atoms. The lowest BCUT2D eigenvalue weighted by Crippen LogP contribution is -2.12. The summed E-state index contributed by atoms with van der Waals surface area (Å²) in [7, 11) is -3.84. The van der Waals surface area contributed by atoms with Crippen molar-refractivity contribution in [3.63, 3.8) is 0 Å². The molecule has 0 spiro atoms. The van der Waals surface area contributed by atoms with E-state index in [0.29, 0.717) is 16.9 Å². The van der Waals surface area contributed by atoms with Gasteiger partial charge in [0.1, 0.15) is 5.69 Å². The molecule has 2 aromatic carbocycles. The minimum atomic E-state index is -3.84. The summed E-state index contributed by atoms with van der Waals surface area (Å²) in [5.74, 6) is 0. The van der Waals surface area contributed by atoms with Crippen LogP contribution in [0.5, 0.6) is 0 Å². The first kappa shape index (κ1) is 17.7. The Balaban J connectivity index is 2.20. The average molecular weight is 428 g/mol. The zero-order valence-corrected chi connectivity index (χ0v) is 15.0. The third kappa shape index (κ3) is 3.48. The highest BCUT2D eigenvalue weighted by atomic mass is 79.9. The molecule has 0 unspecified atom stereocenters. The highest BCUT2D eigenvalue weighted by Crippen LogP contribution is 2.37. The van der Waals surface area contributed by atoms with Crippen molar-refractivity contribution in [3.8, 4) is 16.9 Å². The number of nitrogens with zero attached hydrogens (tertiary/aromatic N) is 2. The summed E-state index contributed by atoms with van der Waals surface area (Å²) in [6.07, 6.45) is -2.76. The number of aromatic nitrogens is 2. The normalized spacial score (nSPS) is 11.9. The lowest BCUT2D eigenvalue weighted by Gasteiger charge is -2.09. The fraction of sp³-hybridized carbons (Fsp3) is 0.0625. The summed E-state index contributed by atoms with van der Waals surface area (Å²) in [4.78, 5) is -0.0715. The van der Waals surface area contributed by atoms with Gasteiger partial charge in [0.25, 0.3) is 6.43 Å². The maximum absolute atomic E-state index is 13.3. The smallest absolute Gasteiger partial charge is 0.231 e. The molecule has 0 aliphatic rings. The highest BCUT2D eigenvalue weighted by Gasteiger charge is 2.24. The van der Waals surface area contributed by atoms with Crippen molar-refractivity contribution in [3.05, 3.63) is 64.8 Å². The molecule has 0 aliphatic carbocycles. The Bertz CT molecular complexity index is 1000. The van der Waals surface area contributed by atoms with Crippen LogP contribution in [0.3, 0.4) is 0 Å². The van der Waals surface area contributed by atoms with Crippen LogP contribution in [0.15, 0.2) is 64.0 Å². The molecule has 5 nitrogen and oxygen atoms in total. The second-order valence-corrected chi connectivity index (χ2v) is 7.52. The predicted octanol–water partition coefficient (Wildman–Crippen LogP) is 3.89. The summed E-state index contributed by atoms with van der Waals surface area (Å²) in [5, 5.41) is 9.06. The molecule has 0 saturated heterocycles. The van der Waals surface area contributed by atoms with Gasteiger partial charge in [0.05, 0.1) is 20.7 Å². The van der Waals surface area contributed by atoms with Gasteiger partial charge in [-0.15, -0.1) is 0 Å². The number of sulfonamides is 1. The van der Waals surface area contributed by atoms with Crippen LogP contribution < -0.4 is 5.14 Å². The van der Waals surface area contributed by atoms with Gasteiger partial charge in [-0.2, -0.15) is 5.10 Å². The largest absolute Gasteiger partial charge is 0.283 e. The molecule has 0 bridgehead atoms. The van der Waals surface area contributed by atoms with Crippen LogP contribution in [0, 0.1) is 0 Å². The van der Waals surface area contributed by atoms with E-state index >= 15 is 0 Å². The van der Waals surface area contributed by atoms with Crippen LogP contribution in [0.4, 0.5) is 8.78 Å². The van der Waals surface area contributed by atoms with Gasteiger partial charge < -0.3 is 0 Å². The van der Waals surface area contributed by atoms with E-state index in [1.807, 2.05) is 6.07 Å². The Morgan fingerprint density at radius 2 is 1.64 bits per heavy atom. The monoisotopic (exact) mass is 427 g/mol. The molecule has 3 aromatic rings. The molecular weight excluding hydrogens is 416 g/mol. The van der Waals surface area contributed by atoms with Crippen LogP contribution >= 0.6 is 15.9 Å². The molecule has 1 aromatic heterocycles. The molecule has 0 saturated carbocycles. The molecule has 0 amide bonds. The van der Waals surface area contributed by atoms with E-state index in [-0.39, 0.29) is 9.37 Å². The van der Waals surface area contributed by atoms with Crippen molar-refractivity contribution in [1.29, 1.82) is 0 Å². The van der Waals surface area contributed by atoms with Gasteiger partial charge in [0.2, 0.25) is 10.0 Å². The van der Waals surface area contributed by atoms with Crippen molar-refractivity contribution < 1.29 is 17.2 Å². The Morgan fingerprint density at radius 1 is 1.04 bits per heavy atom. The van der Waals surface area contributed by atoms with Crippen molar-refractivity contribution in [2.45, 2.75) is 11.3 Å². The molecule has 130 valence electrons. The molecule has 0 radical (unpaired) electrons. The summed E-state index contributed by atoms with van der Waals surface area (Å²) in [5.41, 5.74) is 1.16. The predicted molar refractivity (Wildman–Crippen MR) is 93.0 cm³/mol. The van der Waals surface area contributed by atoms with Crippen molar-refractivity contribution >= 4 is 26.0 Å². The second kappa shape index (κ2) is 6.66. The number of primary sulfonamides is 1. The standard InChI is InChI=1S/C16H12BrF2N3O2S/c17-13-14(16(18)19)21-22(15(13)10-4-2-1-3-5-10)11-6-8-12(9-7-11)25(20,23)24/h1-9,16H,(H2,20,23,24). The first-order valence-electron chi connectivity index (χ1n) is 7.04. The molecule has 3 rings (SSSR count). The number of hydrogen-bond acceptors (Lipinski definition) is 3. The molecule has 0 aliphatic heterocycles. The molecular formula is C16H12BrF2N3O2S. The van der Waals surface area contributed by atoms with Crippen LogP contribution in [0.1, 0.15) is 12.1 Å². The number of halogens is 3. The highest BCUT2D eigenvalue weighted by molar-refractivity contribution is 9.10. The van der Waals surface area contributed by atoms with E-state index in [1.165, 1.54) is 28.9 Å². The van der Waals surface area contributed by atoms with E-state index < -0.39 is 22.1 Å². The quantitative estimate of drug-likeness (QED) is 0.685. The zero-order chi connectivity index (χ0) is 18.2. The van der Waals surface area contributed by atoms with Gasteiger partial charge >= 0.3 is 0 Å². The molecule has 1 heterocycles. The Hall–Kier alpha value is -2.10. The van der Waals surface area contributed by atoms with Crippen molar-refractivity contribution in [2.24, 2.45) is 5.14 Å². The Morgan fingerprint density at radius 3 is 2.16 bits per heavy atom. The van der Waals surface area contributed by atoms with Crippen LogP contribution in [0.2, 0.25) is 0 Å². The SMILES string of the molecule is NS(=O)(=O)c1ccc(-n2nc(C(F)F)c(Br)c2-c2ccccc2)cc1. The van der Waals surface area contributed by atoms with E-state index in [4.69, 9.17) is 5.14 Å². The molecule has 2 N–H and O–H groups in total. The number of hydrogen-bond donors (Lipinski definition) is 1. The van der Waals surface area contributed by atoms with Gasteiger partial charge in [-0.3, -0.25) is 0 Å².